The first kappa shape index (κ1) is 27.3. The van der Waals surface area contributed by atoms with Crippen LogP contribution in [0.3, 0.4) is 0 Å². The standard InChI is InChI=1S/C25H29F3N4O3S/c1-16(2)36(34,35)32-21-10-5-18(6-11-21)24(33)31-20-8-3-17(4-9-20)15-30-22-12-7-19(14-29)23(13-22)25(26,27)28/h5-7,10-13,16-17,20,30,32H,3-4,8-9,15H2,1-2H3,(H,31,33)/t17-,20+. The molecule has 3 rings (SSSR count). The minimum absolute atomic E-state index is 0.0142. The van der Waals surface area contributed by atoms with Crippen molar-refractivity contribution in [3.8, 4) is 6.07 Å². The van der Waals surface area contributed by atoms with Crippen molar-refractivity contribution in [1.82, 2.24) is 5.32 Å². The van der Waals surface area contributed by atoms with E-state index in [0.29, 0.717) is 23.5 Å². The van der Waals surface area contributed by atoms with Gasteiger partial charge in [0.2, 0.25) is 10.0 Å². The molecule has 1 amide bonds. The summed E-state index contributed by atoms with van der Waals surface area (Å²) in [5, 5.41) is 14.4. The Morgan fingerprint density at radius 2 is 1.67 bits per heavy atom. The van der Waals surface area contributed by atoms with Crippen LogP contribution in [0.5, 0.6) is 0 Å². The fourth-order valence-electron chi connectivity index (χ4n) is 4.00. The van der Waals surface area contributed by atoms with Crippen LogP contribution in [0.4, 0.5) is 24.5 Å². The third-order valence-electron chi connectivity index (χ3n) is 6.25. The number of hydrogen-bond donors (Lipinski definition) is 3. The molecule has 11 heteroatoms. The Morgan fingerprint density at radius 3 is 2.22 bits per heavy atom. The monoisotopic (exact) mass is 522 g/mol. The summed E-state index contributed by atoms with van der Waals surface area (Å²) < 4.78 is 65.9. The smallest absolute Gasteiger partial charge is 0.385 e. The summed E-state index contributed by atoms with van der Waals surface area (Å²) in [5.41, 5.74) is -0.232. The molecule has 0 saturated heterocycles. The van der Waals surface area contributed by atoms with Crippen LogP contribution < -0.4 is 15.4 Å². The lowest BCUT2D eigenvalue weighted by atomic mass is 9.86. The summed E-state index contributed by atoms with van der Waals surface area (Å²) in [6.07, 6.45) is -1.51. The van der Waals surface area contributed by atoms with E-state index in [4.69, 9.17) is 5.26 Å². The fourth-order valence-corrected chi connectivity index (χ4v) is 4.70. The quantitative estimate of drug-likeness (QED) is 0.445. The summed E-state index contributed by atoms with van der Waals surface area (Å²) in [7, 11) is -3.47. The topological polar surface area (TPSA) is 111 Å². The molecular weight excluding hydrogens is 493 g/mol. The maximum atomic E-state index is 13.2. The molecule has 1 saturated carbocycles. The molecule has 36 heavy (non-hydrogen) atoms. The van der Waals surface area contributed by atoms with E-state index in [1.54, 1.807) is 44.2 Å². The molecule has 0 radical (unpaired) electrons. The van der Waals surface area contributed by atoms with Crippen LogP contribution in [-0.4, -0.2) is 32.2 Å². The summed E-state index contributed by atoms with van der Waals surface area (Å²) in [5.74, 6) is 0.00324. The maximum absolute atomic E-state index is 13.2. The zero-order chi connectivity index (χ0) is 26.5. The van der Waals surface area contributed by atoms with Crippen LogP contribution in [0.2, 0.25) is 0 Å². The zero-order valence-electron chi connectivity index (χ0n) is 20.0. The van der Waals surface area contributed by atoms with Gasteiger partial charge < -0.3 is 10.6 Å². The molecule has 3 N–H and O–H groups in total. The number of alkyl halides is 3. The van der Waals surface area contributed by atoms with Gasteiger partial charge in [-0.05, 0) is 87.9 Å². The Bertz CT molecular complexity index is 1210. The van der Waals surface area contributed by atoms with Gasteiger partial charge in [-0.2, -0.15) is 18.4 Å². The molecule has 7 nitrogen and oxygen atoms in total. The Balaban J connectivity index is 1.47. The number of anilines is 2. The first-order valence-corrected chi connectivity index (χ1v) is 13.2. The molecule has 1 fully saturated rings. The number of hydrogen-bond acceptors (Lipinski definition) is 5. The molecule has 0 unspecified atom stereocenters. The third kappa shape index (κ3) is 7.13. The first-order valence-electron chi connectivity index (χ1n) is 11.7. The highest BCUT2D eigenvalue weighted by Crippen LogP contribution is 2.34. The average molecular weight is 523 g/mol. The number of nitrogens with zero attached hydrogens (tertiary/aromatic N) is 1. The number of sulfonamides is 1. The van der Waals surface area contributed by atoms with E-state index >= 15 is 0 Å². The van der Waals surface area contributed by atoms with Crippen LogP contribution in [0.25, 0.3) is 0 Å². The molecule has 0 bridgehead atoms. The first-order chi connectivity index (χ1) is 16.9. The van der Waals surface area contributed by atoms with Gasteiger partial charge in [0.1, 0.15) is 0 Å². The molecular formula is C25H29F3N4O3S. The predicted molar refractivity (Wildman–Crippen MR) is 132 cm³/mol. The molecule has 0 aliphatic heterocycles. The number of nitriles is 1. The number of carbonyl (C=O) groups excluding carboxylic acids is 1. The van der Waals surface area contributed by atoms with Gasteiger partial charge in [0.05, 0.1) is 22.4 Å². The highest BCUT2D eigenvalue weighted by atomic mass is 32.2. The second kappa shape index (κ2) is 11.2. The van der Waals surface area contributed by atoms with Gasteiger partial charge in [-0.25, -0.2) is 8.42 Å². The Kier molecular flexibility index (Phi) is 8.51. The van der Waals surface area contributed by atoms with Crippen LogP contribution in [0.1, 0.15) is 61.0 Å². The Morgan fingerprint density at radius 1 is 1.06 bits per heavy atom. The molecule has 1 aliphatic rings. The summed E-state index contributed by atoms with van der Waals surface area (Å²) in [6.45, 7) is 3.65. The SMILES string of the molecule is CC(C)S(=O)(=O)Nc1ccc(C(=O)N[C@H]2CC[C@@H](CNc3ccc(C#N)c(C(F)(F)F)c3)CC2)cc1. The van der Waals surface area contributed by atoms with Gasteiger partial charge in [0.25, 0.3) is 5.91 Å². The van der Waals surface area contributed by atoms with Crippen LogP contribution >= 0.6 is 0 Å². The van der Waals surface area contributed by atoms with Crippen LogP contribution in [-0.2, 0) is 16.2 Å². The Hall–Kier alpha value is -3.26. The molecule has 0 heterocycles. The van der Waals surface area contributed by atoms with Crippen molar-refractivity contribution < 1.29 is 26.4 Å². The van der Waals surface area contributed by atoms with E-state index in [-0.39, 0.29) is 17.9 Å². The molecule has 1 aliphatic carbocycles. The summed E-state index contributed by atoms with van der Waals surface area (Å²) >= 11 is 0. The molecule has 2 aromatic rings. The second-order valence-electron chi connectivity index (χ2n) is 9.22. The normalized spacial score (nSPS) is 18.4. The van der Waals surface area contributed by atoms with Crippen molar-refractivity contribution in [3.05, 3.63) is 59.2 Å². The van der Waals surface area contributed by atoms with Crippen molar-refractivity contribution in [1.29, 1.82) is 5.26 Å². The van der Waals surface area contributed by atoms with Gasteiger partial charge >= 0.3 is 6.18 Å². The van der Waals surface area contributed by atoms with Crippen molar-refractivity contribution in [3.63, 3.8) is 0 Å². The largest absolute Gasteiger partial charge is 0.417 e. The maximum Gasteiger partial charge on any atom is 0.417 e. The van der Waals surface area contributed by atoms with Crippen molar-refractivity contribution in [2.24, 2.45) is 5.92 Å². The number of nitrogens with one attached hydrogen (secondary N) is 3. The van der Waals surface area contributed by atoms with E-state index in [9.17, 15) is 26.4 Å². The van der Waals surface area contributed by atoms with E-state index in [0.717, 1.165) is 31.7 Å². The lowest BCUT2D eigenvalue weighted by Crippen LogP contribution is -2.38. The van der Waals surface area contributed by atoms with Crippen molar-refractivity contribution in [2.75, 3.05) is 16.6 Å². The number of halogens is 3. The van der Waals surface area contributed by atoms with Gasteiger partial charge in [-0.15, -0.1) is 0 Å². The minimum Gasteiger partial charge on any atom is -0.385 e. The van der Waals surface area contributed by atoms with Crippen molar-refractivity contribution in [2.45, 2.75) is 57.0 Å². The highest BCUT2D eigenvalue weighted by molar-refractivity contribution is 7.93. The molecule has 0 spiro atoms. The van der Waals surface area contributed by atoms with Gasteiger partial charge in [-0.1, -0.05) is 0 Å². The summed E-state index contributed by atoms with van der Waals surface area (Å²) in [6, 6.07) is 11.4. The van der Waals surface area contributed by atoms with E-state index < -0.39 is 32.6 Å². The van der Waals surface area contributed by atoms with Crippen LogP contribution in [0.15, 0.2) is 42.5 Å². The zero-order valence-corrected chi connectivity index (χ0v) is 20.8. The van der Waals surface area contributed by atoms with Crippen molar-refractivity contribution >= 4 is 27.3 Å². The lowest BCUT2D eigenvalue weighted by molar-refractivity contribution is -0.137. The third-order valence-corrected chi connectivity index (χ3v) is 8.01. The lowest BCUT2D eigenvalue weighted by Gasteiger charge is -2.29. The average Bonchev–Trinajstić information content (AvgIpc) is 2.83. The summed E-state index contributed by atoms with van der Waals surface area (Å²) in [4.78, 5) is 12.6. The predicted octanol–water partition coefficient (Wildman–Crippen LogP) is 5.13. The fraction of sp³-hybridized carbons (Fsp3) is 0.440. The molecule has 2 aromatic carbocycles. The number of rotatable bonds is 8. The van der Waals surface area contributed by atoms with Crippen LogP contribution in [0, 0.1) is 17.2 Å². The molecule has 0 aromatic heterocycles. The second-order valence-corrected chi connectivity index (χ2v) is 11.5. The van der Waals surface area contributed by atoms with Gasteiger partial charge in [0, 0.05) is 29.5 Å². The van der Waals surface area contributed by atoms with Gasteiger partial charge in [-0.3, -0.25) is 9.52 Å². The van der Waals surface area contributed by atoms with E-state index in [1.807, 2.05) is 0 Å². The van der Waals surface area contributed by atoms with E-state index in [1.165, 1.54) is 12.1 Å². The molecule has 194 valence electrons. The van der Waals surface area contributed by atoms with Gasteiger partial charge in [0.15, 0.2) is 0 Å². The number of amides is 1. The molecule has 0 atom stereocenters. The Labute approximate surface area is 209 Å². The van der Waals surface area contributed by atoms with E-state index in [2.05, 4.69) is 15.4 Å². The minimum atomic E-state index is -4.60. The highest BCUT2D eigenvalue weighted by Gasteiger charge is 2.34. The number of benzene rings is 2. The number of carbonyl (C=O) groups is 1.